The molecular weight excluding hydrogens is 454 g/mol. The second-order valence-electron chi connectivity index (χ2n) is 7.78. The van der Waals surface area contributed by atoms with E-state index in [1.165, 1.54) is 18.4 Å². The van der Waals surface area contributed by atoms with Gasteiger partial charge >= 0.3 is 11.9 Å². The number of halogens is 1. The van der Waals surface area contributed by atoms with Gasteiger partial charge < -0.3 is 18.9 Å². The normalized spacial score (nSPS) is 18.1. The van der Waals surface area contributed by atoms with E-state index in [0.717, 1.165) is 35.3 Å². The summed E-state index contributed by atoms with van der Waals surface area (Å²) in [5, 5.41) is 1.07. The van der Waals surface area contributed by atoms with Crippen molar-refractivity contribution in [3.05, 3.63) is 51.4 Å². The molecule has 0 amide bonds. The first-order valence-corrected chi connectivity index (χ1v) is 11.8. The second-order valence-corrected chi connectivity index (χ2v) is 9.28. The molecule has 172 valence electrons. The van der Waals surface area contributed by atoms with Gasteiger partial charge in [0, 0.05) is 36.2 Å². The molecule has 2 aliphatic rings. The van der Waals surface area contributed by atoms with Gasteiger partial charge in [0.25, 0.3) is 0 Å². The summed E-state index contributed by atoms with van der Waals surface area (Å²) in [4.78, 5) is 28.0. The number of benzene rings is 1. The molecule has 7 nitrogen and oxygen atoms in total. The Morgan fingerprint density at radius 1 is 1.28 bits per heavy atom. The van der Waals surface area contributed by atoms with Gasteiger partial charge in [-0.15, -0.1) is 11.3 Å². The average molecular weight is 480 g/mol. The van der Waals surface area contributed by atoms with Crippen molar-refractivity contribution in [3.8, 4) is 5.06 Å². The summed E-state index contributed by atoms with van der Waals surface area (Å²) >= 11 is 7.84. The lowest BCUT2D eigenvalue weighted by atomic mass is 10.0. The van der Waals surface area contributed by atoms with Crippen molar-refractivity contribution >= 4 is 34.9 Å². The molecule has 3 heterocycles. The molecule has 0 bridgehead atoms. The number of nitrogens with zero attached hydrogens (tertiary/aromatic N) is 1. The number of fused-ring (bicyclic) bond motifs is 1. The number of thiophene rings is 1. The van der Waals surface area contributed by atoms with E-state index in [-0.39, 0.29) is 18.7 Å². The zero-order valence-corrected chi connectivity index (χ0v) is 19.5. The van der Waals surface area contributed by atoms with Gasteiger partial charge in [-0.25, -0.2) is 9.59 Å². The third kappa shape index (κ3) is 5.50. The molecule has 0 saturated carbocycles. The van der Waals surface area contributed by atoms with Crippen molar-refractivity contribution in [2.75, 3.05) is 33.5 Å². The first-order chi connectivity index (χ1) is 15.5. The topological polar surface area (TPSA) is 74.3 Å². The van der Waals surface area contributed by atoms with Gasteiger partial charge in [0.2, 0.25) is 0 Å². The largest absolute Gasteiger partial charge is 0.468 e. The number of rotatable bonds is 7. The monoisotopic (exact) mass is 479 g/mol. The Bertz CT molecular complexity index is 958. The van der Waals surface area contributed by atoms with E-state index >= 15 is 0 Å². The van der Waals surface area contributed by atoms with E-state index in [0.29, 0.717) is 36.4 Å². The minimum Gasteiger partial charge on any atom is -0.468 e. The molecule has 1 fully saturated rings. The number of ether oxygens (including phenoxy) is 4. The third-order valence-electron chi connectivity index (χ3n) is 5.68. The van der Waals surface area contributed by atoms with Crippen LogP contribution in [0.5, 0.6) is 5.06 Å². The zero-order valence-electron chi connectivity index (χ0n) is 17.9. The van der Waals surface area contributed by atoms with Gasteiger partial charge in [0.1, 0.15) is 12.6 Å². The molecule has 9 heteroatoms. The lowest BCUT2D eigenvalue weighted by molar-refractivity contribution is -0.147. The van der Waals surface area contributed by atoms with Crippen molar-refractivity contribution in [1.82, 2.24) is 4.90 Å². The quantitative estimate of drug-likeness (QED) is 0.559. The summed E-state index contributed by atoms with van der Waals surface area (Å²) < 4.78 is 21.5. The average Bonchev–Trinajstić information content (AvgIpc) is 3.21. The number of methoxy groups -OCH3 is 1. The molecule has 0 radical (unpaired) electrons. The van der Waals surface area contributed by atoms with Crippen molar-refractivity contribution in [1.29, 1.82) is 0 Å². The Hall–Kier alpha value is -1.97. The van der Waals surface area contributed by atoms with E-state index in [1.807, 2.05) is 29.2 Å². The fourth-order valence-corrected chi connectivity index (χ4v) is 5.32. The van der Waals surface area contributed by atoms with Crippen LogP contribution in [0.25, 0.3) is 0 Å². The van der Waals surface area contributed by atoms with Crippen LogP contribution in [0.3, 0.4) is 0 Å². The van der Waals surface area contributed by atoms with Gasteiger partial charge in [0.05, 0.1) is 13.2 Å². The Balaban J connectivity index is 1.40. The summed E-state index contributed by atoms with van der Waals surface area (Å²) in [6.45, 7) is 2.45. The molecular formula is C23H26ClNO6S. The van der Waals surface area contributed by atoms with Crippen LogP contribution in [0.4, 0.5) is 0 Å². The fraction of sp³-hybridized carbons (Fsp3) is 0.478. The number of hydrogen-bond acceptors (Lipinski definition) is 8. The van der Waals surface area contributed by atoms with Crippen LogP contribution >= 0.6 is 22.9 Å². The van der Waals surface area contributed by atoms with E-state index in [2.05, 4.69) is 0 Å². The molecule has 0 spiro atoms. The molecule has 1 saturated heterocycles. The summed E-state index contributed by atoms with van der Waals surface area (Å²) in [6, 6.07) is 8.59. The number of carbonyl (C=O) groups is 2. The highest BCUT2D eigenvalue weighted by Crippen LogP contribution is 2.37. The molecule has 0 aliphatic carbocycles. The van der Waals surface area contributed by atoms with Crippen LogP contribution in [-0.2, 0) is 36.8 Å². The van der Waals surface area contributed by atoms with Crippen LogP contribution in [0, 0.1) is 0 Å². The highest BCUT2D eigenvalue weighted by Gasteiger charge is 2.33. The lowest BCUT2D eigenvalue weighted by Gasteiger charge is -2.33. The maximum atomic E-state index is 12.6. The van der Waals surface area contributed by atoms with E-state index < -0.39 is 12.0 Å². The SMILES string of the molecule is COC(=O)C(c1ccccc1Cl)N1CCc2sc(OC(=O)COC3CCOCC3)cc2C1. The molecule has 32 heavy (non-hydrogen) atoms. The minimum atomic E-state index is -0.597. The molecule has 1 aromatic heterocycles. The van der Waals surface area contributed by atoms with Gasteiger partial charge in [-0.3, -0.25) is 4.90 Å². The van der Waals surface area contributed by atoms with Crippen LogP contribution < -0.4 is 4.74 Å². The predicted octanol–water partition coefficient (Wildman–Crippen LogP) is 3.77. The molecule has 1 aromatic carbocycles. The van der Waals surface area contributed by atoms with Crippen LogP contribution in [0.2, 0.25) is 5.02 Å². The minimum absolute atomic E-state index is 0.0430. The molecule has 0 N–H and O–H groups in total. The Labute approximate surface area is 196 Å². The van der Waals surface area contributed by atoms with Crippen LogP contribution in [-0.4, -0.2) is 56.4 Å². The predicted molar refractivity (Wildman–Crippen MR) is 120 cm³/mol. The van der Waals surface area contributed by atoms with Crippen LogP contribution in [0.1, 0.15) is 34.9 Å². The fourth-order valence-electron chi connectivity index (χ4n) is 4.05. The highest BCUT2D eigenvalue weighted by molar-refractivity contribution is 7.14. The molecule has 2 aliphatic heterocycles. The van der Waals surface area contributed by atoms with E-state index in [9.17, 15) is 9.59 Å². The second kappa shape index (κ2) is 10.8. The zero-order chi connectivity index (χ0) is 22.5. The smallest absolute Gasteiger partial charge is 0.338 e. The molecule has 4 rings (SSSR count). The summed E-state index contributed by atoms with van der Waals surface area (Å²) in [5.74, 6) is -0.760. The highest BCUT2D eigenvalue weighted by atomic mass is 35.5. The van der Waals surface area contributed by atoms with Crippen molar-refractivity contribution in [2.24, 2.45) is 0 Å². The Morgan fingerprint density at radius 2 is 2.06 bits per heavy atom. The van der Waals surface area contributed by atoms with E-state index in [1.54, 1.807) is 6.07 Å². The van der Waals surface area contributed by atoms with Crippen molar-refractivity contribution in [3.63, 3.8) is 0 Å². The Kier molecular flexibility index (Phi) is 7.80. The van der Waals surface area contributed by atoms with Crippen LogP contribution in [0.15, 0.2) is 30.3 Å². The van der Waals surface area contributed by atoms with Crippen molar-refractivity contribution < 1.29 is 28.5 Å². The first-order valence-electron chi connectivity index (χ1n) is 10.6. The molecule has 1 atom stereocenters. The standard InChI is InChI=1S/C23H26ClNO6S/c1-28-23(27)22(17-4-2-3-5-18(17)24)25-9-6-19-15(13-25)12-21(32-19)31-20(26)14-30-16-7-10-29-11-8-16/h2-5,12,16,22H,6-11,13-14H2,1H3. The first kappa shape index (κ1) is 23.2. The number of esters is 2. The number of carbonyl (C=O) groups excluding carboxylic acids is 2. The van der Waals surface area contributed by atoms with E-state index in [4.69, 9.17) is 30.5 Å². The van der Waals surface area contributed by atoms with Gasteiger partial charge in [0.15, 0.2) is 5.06 Å². The molecule has 2 aromatic rings. The van der Waals surface area contributed by atoms with Gasteiger partial charge in [-0.2, -0.15) is 0 Å². The Morgan fingerprint density at radius 3 is 2.81 bits per heavy atom. The maximum Gasteiger partial charge on any atom is 0.338 e. The molecule has 1 unspecified atom stereocenters. The summed E-state index contributed by atoms with van der Waals surface area (Å²) in [6.07, 6.45) is 2.38. The van der Waals surface area contributed by atoms with Gasteiger partial charge in [-0.1, -0.05) is 29.8 Å². The van der Waals surface area contributed by atoms with Gasteiger partial charge in [-0.05, 0) is 42.5 Å². The third-order valence-corrected chi connectivity index (χ3v) is 7.14. The van der Waals surface area contributed by atoms with Crippen molar-refractivity contribution in [2.45, 2.75) is 38.0 Å². The summed E-state index contributed by atoms with van der Waals surface area (Å²) in [5.41, 5.74) is 1.76. The number of hydrogen-bond donors (Lipinski definition) is 0. The summed E-state index contributed by atoms with van der Waals surface area (Å²) in [7, 11) is 1.38. The maximum absolute atomic E-state index is 12.6. The lowest BCUT2D eigenvalue weighted by Crippen LogP contribution is -2.38.